The third-order valence-corrected chi connectivity index (χ3v) is 5.96. The maximum atomic E-state index is 13.2. The van der Waals surface area contributed by atoms with Crippen LogP contribution in [0.5, 0.6) is 0 Å². The number of quaternary nitrogens is 1. The van der Waals surface area contributed by atoms with Crippen molar-refractivity contribution in [2.45, 2.75) is 11.8 Å². The number of piperazine rings is 1. The molecule has 5 nitrogen and oxygen atoms in total. The van der Waals surface area contributed by atoms with Gasteiger partial charge in [-0.25, -0.2) is 12.8 Å². The number of hydrogen-bond donors (Lipinski definition) is 1. The molecule has 2 rings (SSSR count). The molecule has 1 aliphatic heterocycles. The molecule has 1 N–H and O–H groups in total. The number of rotatable bonds is 4. The van der Waals surface area contributed by atoms with E-state index in [1.165, 1.54) is 15.3 Å². The summed E-state index contributed by atoms with van der Waals surface area (Å²) in [6.45, 7) is 4.64. The zero-order valence-corrected chi connectivity index (χ0v) is 13.8. The van der Waals surface area contributed by atoms with Crippen LogP contribution in [0.3, 0.4) is 0 Å². The first-order valence-electron chi connectivity index (χ1n) is 7.03. The van der Waals surface area contributed by atoms with Gasteiger partial charge in [0.25, 0.3) is 0 Å². The maximum absolute atomic E-state index is 13.2. The minimum Gasteiger partial charge on any atom is -0.332 e. The van der Waals surface area contributed by atoms with Crippen molar-refractivity contribution in [2.75, 3.05) is 32.7 Å². The molecule has 0 unspecified atom stereocenters. The highest BCUT2D eigenvalue weighted by Crippen LogP contribution is 2.22. The normalized spacial score (nSPS) is 18.8. The molecule has 22 heavy (non-hydrogen) atoms. The third-order valence-electron chi connectivity index (χ3n) is 3.77. The van der Waals surface area contributed by atoms with Crippen LogP contribution in [0, 0.1) is 23.1 Å². The van der Waals surface area contributed by atoms with E-state index in [1.807, 2.05) is 6.92 Å². The molecular weight excluding hydrogens is 329 g/mol. The zero-order chi connectivity index (χ0) is 16.3. The van der Waals surface area contributed by atoms with Gasteiger partial charge < -0.3 is 4.90 Å². The fraction of sp³-hybridized carbons (Fsp3) is 0.500. The van der Waals surface area contributed by atoms with Crippen LogP contribution in [-0.4, -0.2) is 45.4 Å². The van der Waals surface area contributed by atoms with Crippen LogP contribution in [0.4, 0.5) is 4.39 Å². The van der Waals surface area contributed by atoms with Crippen LogP contribution in [0.2, 0.25) is 5.02 Å². The molecule has 0 amide bonds. The summed E-state index contributed by atoms with van der Waals surface area (Å²) in [6.07, 6.45) is 0. The first-order chi connectivity index (χ1) is 10.3. The second kappa shape index (κ2) is 6.92. The Hall–Kier alpha value is -1.20. The van der Waals surface area contributed by atoms with Crippen LogP contribution in [-0.2, 0) is 10.0 Å². The Kier molecular flexibility index (Phi) is 5.40. The molecule has 0 saturated carbocycles. The molecule has 8 heteroatoms. The average molecular weight is 347 g/mol. The molecule has 1 atom stereocenters. The van der Waals surface area contributed by atoms with Crippen LogP contribution in [0.1, 0.15) is 6.92 Å². The molecular formula is C14H18ClFN3O2S+. The molecule has 1 fully saturated rings. The fourth-order valence-electron chi connectivity index (χ4n) is 2.51. The van der Waals surface area contributed by atoms with Crippen LogP contribution in [0.15, 0.2) is 23.1 Å². The maximum Gasteiger partial charge on any atom is 0.243 e. The Labute approximate surface area is 134 Å². The number of halogens is 2. The lowest BCUT2D eigenvalue weighted by molar-refractivity contribution is -0.905. The molecule has 1 aliphatic rings. The number of nitrogens with zero attached hydrogens (tertiary/aromatic N) is 2. The molecule has 1 aromatic carbocycles. The highest BCUT2D eigenvalue weighted by atomic mass is 35.5. The summed E-state index contributed by atoms with van der Waals surface area (Å²) in [5, 5.41) is 8.63. The van der Waals surface area contributed by atoms with Gasteiger partial charge in [-0.1, -0.05) is 11.6 Å². The SMILES string of the molecule is C[C@H](C#N)C[NH+]1CCN(S(=O)(=O)c2ccc(F)c(Cl)c2)CC1. The average Bonchev–Trinajstić information content (AvgIpc) is 2.50. The van der Waals surface area contributed by atoms with Crippen LogP contribution < -0.4 is 4.90 Å². The second-order valence-corrected chi connectivity index (χ2v) is 7.81. The Morgan fingerprint density at radius 1 is 1.45 bits per heavy atom. The minimum absolute atomic E-state index is 0.00717. The molecule has 0 aromatic heterocycles. The van der Waals surface area contributed by atoms with E-state index in [9.17, 15) is 12.8 Å². The molecule has 0 spiro atoms. The van der Waals surface area contributed by atoms with Crippen molar-refractivity contribution in [3.05, 3.63) is 29.0 Å². The molecule has 1 aromatic rings. The predicted molar refractivity (Wildman–Crippen MR) is 80.5 cm³/mol. The Morgan fingerprint density at radius 3 is 2.64 bits per heavy atom. The largest absolute Gasteiger partial charge is 0.332 e. The molecule has 120 valence electrons. The number of hydrogen-bond acceptors (Lipinski definition) is 3. The summed E-state index contributed by atoms with van der Waals surface area (Å²) in [5.41, 5.74) is 0. The van der Waals surface area contributed by atoms with E-state index in [2.05, 4.69) is 6.07 Å². The van der Waals surface area contributed by atoms with Crippen molar-refractivity contribution in [2.24, 2.45) is 5.92 Å². The topological polar surface area (TPSA) is 65.6 Å². The van der Waals surface area contributed by atoms with Gasteiger partial charge in [0, 0.05) is 0 Å². The lowest BCUT2D eigenvalue weighted by Crippen LogP contribution is -3.15. The zero-order valence-electron chi connectivity index (χ0n) is 12.2. The van der Waals surface area contributed by atoms with E-state index in [0.717, 1.165) is 12.1 Å². The summed E-state index contributed by atoms with van der Waals surface area (Å²) in [7, 11) is -3.65. The predicted octanol–water partition coefficient (Wildman–Crippen LogP) is 0.528. The third kappa shape index (κ3) is 3.76. The van der Waals surface area contributed by atoms with E-state index >= 15 is 0 Å². The van der Waals surface area contributed by atoms with Gasteiger partial charge in [-0.2, -0.15) is 9.57 Å². The van der Waals surface area contributed by atoms with Gasteiger partial charge in [-0.3, -0.25) is 0 Å². The summed E-state index contributed by atoms with van der Waals surface area (Å²) >= 11 is 5.66. The Bertz CT molecular complexity index is 682. The molecule has 1 heterocycles. The first-order valence-corrected chi connectivity index (χ1v) is 8.85. The van der Waals surface area contributed by atoms with Gasteiger partial charge >= 0.3 is 0 Å². The van der Waals surface area contributed by atoms with Gasteiger partial charge in [-0.15, -0.1) is 0 Å². The standard InChI is InChI=1S/C14H17ClFN3O2S/c1-11(9-17)10-18-4-6-19(7-5-18)22(20,21)12-2-3-14(16)13(15)8-12/h2-3,8,11H,4-7,10H2,1H3/p+1/t11-/m1/s1. The van der Waals surface area contributed by atoms with Gasteiger partial charge in [0.05, 0.1) is 54.6 Å². The minimum atomic E-state index is -3.65. The lowest BCUT2D eigenvalue weighted by Gasteiger charge is -2.32. The Balaban J connectivity index is 2.06. The van der Waals surface area contributed by atoms with Crippen molar-refractivity contribution in [1.82, 2.24) is 4.31 Å². The molecule has 0 radical (unpaired) electrons. The van der Waals surface area contributed by atoms with Crippen molar-refractivity contribution < 1.29 is 17.7 Å². The van der Waals surface area contributed by atoms with E-state index in [1.54, 1.807) is 0 Å². The lowest BCUT2D eigenvalue weighted by atomic mass is 10.2. The van der Waals surface area contributed by atoms with Gasteiger partial charge in [0.1, 0.15) is 5.82 Å². The van der Waals surface area contributed by atoms with Crippen molar-refractivity contribution in [3.63, 3.8) is 0 Å². The number of nitrogens with one attached hydrogen (secondary N) is 1. The number of nitriles is 1. The van der Waals surface area contributed by atoms with Crippen molar-refractivity contribution in [3.8, 4) is 6.07 Å². The summed E-state index contributed by atoms with van der Waals surface area (Å²) in [6, 6.07) is 5.62. The number of sulfonamides is 1. The van der Waals surface area contributed by atoms with E-state index in [0.29, 0.717) is 32.7 Å². The van der Waals surface area contributed by atoms with Gasteiger partial charge in [0.2, 0.25) is 10.0 Å². The smallest absolute Gasteiger partial charge is 0.243 e. The van der Waals surface area contributed by atoms with Gasteiger partial charge in [0.15, 0.2) is 0 Å². The van der Waals surface area contributed by atoms with Crippen molar-refractivity contribution >= 4 is 21.6 Å². The fourth-order valence-corrected chi connectivity index (χ4v) is 4.23. The van der Waals surface area contributed by atoms with E-state index < -0.39 is 15.8 Å². The summed E-state index contributed by atoms with van der Waals surface area (Å²) in [4.78, 5) is 1.23. The Morgan fingerprint density at radius 2 is 2.09 bits per heavy atom. The summed E-state index contributed by atoms with van der Waals surface area (Å²) < 4.78 is 39.6. The highest BCUT2D eigenvalue weighted by molar-refractivity contribution is 7.89. The monoisotopic (exact) mass is 346 g/mol. The second-order valence-electron chi connectivity index (χ2n) is 5.46. The quantitative estimate of drug-likeness (QED) is 0.864. The molecule has 0 bridgehead atoms. The molecule has 0 aliphatic carbocycles. The summed E-state index contributed by atoms with van der Waals surface area (Å²) in [5.74, 6) is -0.686. The van der Waals surface area contributed by atoms with Crippen LogP contribution >= 0.6 is 11.6 Å². The van der Waals surface area contributed by atoms with Crippen molar-refractivity contribution in [1.29, 1.82) is 5.26 Å². The van der Waals surface area contributed by atoms with E-state index in [4.69, 9.17) is 16.9 Å². The first kappa shape index (κ1) is 17.2. The number of benzene rings is 1. The van der Waals surface area contributed by atoms with E-state index in [-0.39, 0.29) is 15.8 Å². The van der Waals surface area contributed by atoms with Gasteiger partial charge in [-0.05, 0) is 25.1 Å². The van der Waals surface area contributed by atoms with Crippen LogP contribution in [0.25, 0.3) is 0 Å². The highest BCUT2D eigenvalue weighted by Gasteiger charge is 2.31. The molecule has 1 saturated heterocycles.